The van der Waals surface area contributed by atoms with E-state index in [1.54, 1.807) is 18.2 Å². The van der Waals surface area contributed by atoms with E-state index >= 15 is 0 Å². The molecular weight excluding hydrogens is 593 g/mol. The van der Waals surface area contributed by atoms with Crippen LogP contribution in [0.2, 0.25) is 10.0 Å². The normalized spacial score (nSPS) is 14.6. The Morgan fingerprint density at radius 1 is 1.02 bits per heavy atom. The van der Waals surface area contributed by atoms with Crippen LogP contribution < -0.4 is 26.2 Å². The molecule has 2 heterocycles. The summed E-state index contributed by atoms with van der Waals surface area (Å²) in [6.07, 6.45) is 1.87. The van der Waals surface area contributed by atoms with E-state index in [0.29, 0.717) is 27.9 Å². The van der Waals surface area contributed by atoms with Crippen LogP contribution in [0.3, 0.4) is 0 Å². The smallest absolute Gasteiger partial charge is 0.327 e. The van der Waals surface area contributed by atoms with E-state index < -0.39 is 17.9 Å². The maximum Gasteiger partial charge on any atom is 0.327 e. The quantitative estimate of drug-likeness (QED) is 0.215. The second kappa shape index (κ2) is 15.4. The van der Waals surface area contributed by atoms with Gasteiger partial charge < -0.3 is 25.4 Å². The van der Waals surface area contributed by atoms with Crippen molar-refractivity contribution < 1.29 is 19.1 Å². The number of nitrogens with two attached hydrogens (primary N) is 1. The minimum atomic E-state index is -0.719. The number of nitrogens with one attached hydrogen (secondary N) is 1. The lowest BCUT2D eigenvalue weighted by Crippen LogP contribution is -2.46. The number of halogens is 2. The van der Waals surface area contributed by atoms with Gasteiger partial charge in [-0.05, 0) is 61.0 Å². The highest BCUT2D eigenvalue weighted by atomic mass is 35.5. The Morgan fingerprint density at radius 2 is 1.77 bits per heavy atom. The predicted octanol–water partition coefficient (Wildman–Crippen LogP) is 3.89. The van der Waals surface area contributed by atoms with Crippen molar-refractivity contribution in [3.05, 3.63) is 68.9 Å². The number of piperazine rings is 1. The first-order valence-electron chi connectivity index (χ1n) is 14.5. The fraction of sp³-hybridized carbons (Fsp3) is 0.452. The molecule has 1 atom stereocenters. The molecule has 1 saturated heterocycles. The lowest BCUT2D eigenvalue weighted by atomic mass is 10.1. The number of pyridine rings is 1. The zero-order chi connectivity index (χ0) is 30.9. The number of carbonyl (C=O) groups excluding carboxylic acids is 2. The van der Waals surface area contributed by atoms with Crippen LogP contribution >= 0.6 is 23.2 Å². The molecule has 1 aliphatic rings. The molecule has 12 heteroatoms. The van der Waals surface area contributed by atoms with Gasteiger partial charge in [-0.3, -0.25) is 23.9 Å². The van der Waals surface area contributed by atoms with Gasteiger partial charge >= 0.3 is 5.97 Å². The number of esters is 1. The number of rotatable bonds is 13. The molecule has 0 aliphatic carbocycles. The second-order valence-electron chi connectivity index (χ2n) is 10.9. The number of fused-ring (bicyclic) bond motifs is 1. The molecule has 0 radical (unpaired) electrons. The summed E-state index contributed by atoms with van der Waals surface area (Å²) >= 11 is 12.6. The van der Waals surface area contributed by atoms with Crippen molar-refractivity contribution in [3.8, 4) is 5.75 Å². The van der Waals surface area contributed by atoms with Crippen LogP contribution in [0.5, 0.6) is 5.75 Å². The number of aromatic nitrogens is 1. The van der Waals surface area contributed by atoms with E-state index in [2.05, 4.69) is 15.1 Å². The average Bonchev–Trinajstić information content (AvgIpc) is 3.00. The van der Waals surface area contributed by atoms with Gasteiger partial charge in [-0.25, -0.2) is 0 Å². The maximum absolute atomic E-state index is 12.6. The number of carbonyl (C=O) groups is 2. The molecule has 1 amide bonds. The molecule has 0 bridgehead atoms. The van der Waals surface area contributed by atoms with Crippen molar-refractivity contribution in [2.45, 2.75) is 39.5 Å². The van der Waals surface area contributed by atoms with Crippen LogP contribution in [0, 0.1) is 5.92 Å². The Kier molecular flexibility index (Phi) is 11.7. The van der Waals surface area contributed by atoms with Crippen molar-refractivity contribution in [1.29, 1.82) is 0 Å². The first kappa shape index (κ1) is 32.6. The van der Waals surface area contributed by atoms with Gasteiger partial charge in [0, 0.05) is 38.3 Å². The zero-order valence-corrected chi connectivity index (χ0v) is 26.1. The minimum absolute atomic E-state index is 0.0654. The number of ether oxygens (including phenoxy) is 2. The Labute approximate surface area is 261 Å². The van der Waals surface area contributed by atoms with Gasteiger partial charge in [0.15, 0.2) is 6.73 Å². The number of hydrogen-bond donors (Lipinski definition) is 2. The van der Waals surface area contributed by atoms with Gasteiger partial charge in [0.1, 0.15) is 12.3 Å². The maximum atomic E-state index is 12.6. The molecule has 232 valence electrons. The van der Waals surface area contributed by atoms with Crippen LogP contribution in [0.15, 0.2) is 53.3 Å². The Bertz CT molecular complexity index is 1470. The standard InChI is InChI=1S/C31H39Cl2N5O5/c1-21(2)30(34)31(41)35-19-28(40)43-20-38-26-18-23(10-8-22(26)9-11-27(38)39)42-17-4-3-12-36-13-15-37(16-14-36)25-7-5-6-24(32)29(25)33/h5-11,18,21,30H,3-4,12-17,19-20,34H2,1-2H3,(H,35,41)/t30-/m1/s1. The third kappa shape index (κ3) is 8.86. The summed E-state index contributed by atoms with van der Waals surface area (Å²) < 4.78 is 12.6. The molecule has 0 unspecified atom stereocenters. The first-order valence-corrected chi connectivity index (χ1v) is 15.3. The SMILES string of the molecule is CC(C)[C@@H](N)C(=O)NCC(=O)OCn1c(=O)ccc2ccc(OCCCCN3CCN(c4cccc(Cl)c4Cl)CC3)cc21. The molecule has 1 aromatic heterocycles. The number of nitrogens with zero attached hydrogens (tertiary/aromatic N) is 3. The molecule has 10 nitrogen and oxygen atoms in total. The number of anilines is 1. The fourth-order valence-corrected chi connectivity index (χ4v) is 5.25. The summed E-state index contributed by atoms with van der Waals surface area (Å²) in [5, 5.41) is 4.45. The highest BCUT2D eigenvalue weighted by Crippen LogP contribution is 2.32. The molecule has 1 fully saturated rings. The van der Waals surface area contributed by atoms with E-state index in [1.165, 1.54) is 10.6 Å². The molecule has 3 N–H and O–H groups in total. The van der Waals surface area contributed by atoms with Gasteiger partial charge in [0.2, 0.25) is 5.91 Å². The van der Waals surface area contributed by atoms with Crippen molar-refractivity contribution >= 4 is 51.7 Å². The van der Waals surface area contributed by atoms with Crippen LogP contribution in [0.25, 0.3) is 10.9 Å². The van der Waals surface area contributed by atoms with E-state index in [0.717, 1.165) is 56.6 Å². The summed E-state index contributed by atoms with van der Waals surface area (Å²) in [4.78, 5) is 41.5. The lowest BCUT2D eigenvalue weighted by molar-refractivity contribution is -0.147. The second-order valence-corrected chi connectivity index (χ2v) is 11.7. The highest BCUT2D eigenvalue weighted by Gasteiger charge is 2.20. The van der Waals surface area contributed by atoms with Gasteiger partial charge in [-0.2, -0.15) is 0 Å². The lowest BCUT2D eigenvalue weighted by Gasteiger charge is -2.36. The molecule has 0 saturated carbocycles. The Hall–Kier alpha value is -3.31. The third-order valence-corrected chi connectivity index (χ3v) is 8.34. The summed E-state index contributed by atoms with van der Waals surface area (Å²) in [6, 6.07) is 13.6. The fourth-order valence-electron chi connectivity index (χ4n) is 4.83. The number of hydrogen-bond acceptors (Lipinski definition) is 8. The van der Waals surface area contributed by atoms with E-state index in [4.69, 9.17) is 38.4 Å². The Morgan fingerprint density at radius 3 is 2.51 bits per heavy atom. The van der Waals surface area contributed by atoms with Crippen molar-refractivity contribution in [2.75, 3.05) is 50.8 Å². The van der Waals surface area contributed by atoms with Crippen LogP contribution in [-0.2, 0) is 21.1 Å². The molecule has 4 rings (SSSR count). The highest BCUT2D eigenvalue weighted by molar-refractivity contribution is 6.43. The van der Waals surface area contributed by atoms with Crippen molar-refractivity contribution in [3.63, 3.8) is 0 Å². The van der Waals surface area contributed by atoms with Gasteiger partial charge in [-0.15, -0.1) is 0 Å². The predicted molar refractivity (Wildman–Crippen MR) is 170 cm³/mol. The summed E-state index contributed by atoms with van der Waals surface area (Å²) in [5.74, 6) is -0.544. The Balaban J connectivity index is 1.22. The number of amides is 1. The van der Waals surface area contributed by atoms with Crippen LogP contribution in [0.4, 0.5) is 5.69 Å². The molecular formula is C31H39Cl2N5O5. The summed E-state index contributed by atoms with van der Waals surface area (Å²) in [6.45, 7) is 8.22. The average molecular weight is 633 g/mol. The molecule has 2 aromatic carbocycles. The monoisotopic (exact) mass is 631 g/mol. The van der Waals surface area contributed by atoms with Crippen molar-refractivity contribution in [1.82, 2.24) is 14.8 Å². The van der Waals surface area contributed by atoms with Gasteiger partial charge in [0.05, 0.1) is 33.9 Å². The summed E-state index contributed by atoms with van der Waals surface area (Å²) in [5.41, 5.74) is 7.04. The minimum Gasteiger partial charge on any atom is -0.494 e. The first-order chi connectivity index (χ1) is 20.6. The zero-order valence-electron chi connectivity index (χ0n) is 24.6. The van der Waals surface area contributed by atoms with E-state index in [-0.39, 0.29) is 24.8 Å². The van der Waals surface area contributed by atoms with E-state index in [9.17, 15) is 14.4 Å². The van der Waals surface area contributed by atoms with E-state index in [1.807, 2.05) is 38.1 Å². The molecule has 43 heavy (non-hydrogen) atoms. The topological polar surface area (TPSA) is 119 Å². The summed E-state index contributed by atoms with van der Waals surface area (Å²) in [7, 11) is 0. The van der Waals surface area contributed by atoms with Crippen LogP contribution in [0.1, 0.15) is 26.7 Å². The molecule has 0 spiro atoms. The number of benzene rings is 2. The molecule has 3 aromatic rings. The molecule has 1 aliphatic heterocycles. The van der Waals surface area contributed by atoms with Crippen molar-refractivity contribution in [2.24, 2.45) is 11.7 Å². The van der Waals surface area contributed by atoms with Gasteiger partial charge in [-0.1, -0.05) is 43.1 Å². The number of unbranched alkanes of at least 4 members (excludes halogenated alkanes) is 1. The third-order valence-electron chi connectivity index (χ3n) is 7.53. The van der Waals surface area contributed by atoms with Crippen LogP contribution in [-0.4, -0.2) is 73.3 Å². The largest absolute Gasteiger partial charge is 0.494 e. The van der Waals surface area contributed by atoms with Gasteiger partial charge in [0.25, 0.3) is 5.56 Å².